The zero-order chi connectivity index (χ0) is 15.5. The molecule has 0 radical (unpaired) electrons. The summed E-state index contributed by atoms with van der Waals surface area (Å²) in [6.07, 6.45) is 1.32. The topological polar surface area (TPSA) is 55.1 Å². The standard InChI is InChI=1S/C17H15ClN2O2/c1-2-4-16(21)19-13-7-8-15-14(10-13)20-17(22-15)11-5-3-6-12(18)9-11/h3,5-10H,2,4H2,1H3,(H,19,21). The molecule has 1 N–H and O–H groups in total. The van der Waals surface area contributed by atoms with Crippen LogP contribution in [0.1, 0.15) is 19.8 Å². The van der Waals surface area contributed by atoms with Gasteiger partial charge in [0, 0.05) is 22.7 Å². The fourth-order valence-corrected chi connectivity index (χ4v) is 2.39. The van der Waals surface area contributed by atoms with E-state index < -0.39 is 0 Å². The molecule has 0 aliphatic rings. The van der Waals surface area contributed by atoms with Crippen molar-refractivity contribution in [1.29, 1.82) is 0 Å². The summed E-state index contributed by atoms with van der Waals surface area (Å²) in [4.78, 5) is 16.1. The fraction of sp³-hybridized carbons (Fsp3) is 0.176. The fourth-order valence-electron chi connectivity index (χ4n) is 2.20. The molecule has 4 nitrogen and oxygen atoms in total. The van der Waals surface area contributed by atoms with Gasteiger partial charge in [-0.1, -0.05) is 24.6 Å². The lowest BCUT2D eigenvalue weighted by atomic mass is 10.2. The van der Waals surface area contributed by atoms with Crippen LogP contribution in [0.3, 0.4) is 0 Å². The van der Waals surface area contributed by atoms with Gasteiger partial charge in [-0.2, -0.15) is 0 Å². The van der Waals surface area contributed by atoms with Gasteiger partial charge in [-0.25, -0.2) is 4.98 Å². The van der Waals surface area contributed by atoms with Crippen LogP contribution in [0.5, 0.6) is 0 Å². The molecule has 3 rings (SSSR count). The van der Waals surface area contributed by atoms with Crippen LogP contribution in [-0.4, -0.2) is 10.9 Å². The first-order chi connectivity index (χ1) is 10.7. The number of carbonyl (C=O) groups is 1. The third-order valence-corrected chi connectivity index (χ3v) is 3.46. The molecule has 2 aromatic carbocycles. The number of aromatic nitrogens is 1. The molecule has 0 unspecified atom stereocenters. The Kier molecular flexibility index (Phi) is 4.11. The van der Waals surface area contributed by atoms with Crippen molar-refractivity contribution >= 4 is 34.3 Å². The van der Waals surface area contributed by atoms with E-state index in [-0.39, 0.29) is 5.91 Å². The van der Waals surface area contributed by atoms with Gasteiger partial charge < -0.3 is 9.73 Å². The first-order valence-corrected chi connectivity index (χ1v) is 7.50. The van der Waals surface area contributed by atoms with Crippen molar-refractivity contribution in [3.63, 3.8) is 0 Å². The molecular formula is C17H15ClN2O2. The Morgan fingerprint density at radius 1 is 1.27 bits per heavy atom. The van der Waals surface area contributed by atoms with E-state index in [2.05, 4.69) is 10.3 Å². The van der Waals surface area contributed by atoms with Crippen molar-refractivity contribution in [2.75, 3.05) is 5.32 Å². The monoisotopic (exact) mass is 314 g/mol. The Hall–Kier alpha value is -2.33. The van der Waals surface area contributed by atoms with Gasteiger partial charge >= 0.3 is 0 Å². The molecule has 0 bridgehead atoms. The molecule has 0 saturated carbocycles. The number of hydrogen-bond donors (Lipinski definition) is 1. The number of rotatable bonds is 4. The summed E-state index contributed by atoms with van der Waals surface area (Å²) in [6, 6.07) is 12.8. The van der Waals surface area contributed by atoms with E-state index in [1.54, 1.807) is 24.3 Å². The largest absolute Gasteiger partial charge is 0.436 e. The highest BCUT2D eigenvalue weighted by Crippen LogP contribution is 2.27. The lowest BCUT2D eigenvalue weighted by Gasteiger charge is -2.02. The number of carbonyl (C=O) groups excluding carboxylic acids is 1. The lowest BCUT2D eigenvalue weighted by molar-refractivity contribution is -0.116. The van der Waals surface area contributed by atoms with Crippen molar-refractivity contribution in [3.05, 3.63) is 47.5 Å². The molecule has 112 valence electrons. The number of fused-ring (bicyclic) bond motifs is 1. The summed E-state index contributed by atoms with van der Waals surface area (Å²) < 4.78 is 5.73. The molecule has 22 heavy (non-hydrogen) atoms. The van der Waals surface area contributed by atoms with Gasteiger partial charge in [0.05, 0.1) is 0 Å². The van der Waals surface area contributed by atoms with Gasteiger partial charge in [-0.3, -0.25) is 4.79 Å². The summed E-state index contributed by atoms with van der Waals surface area (Å²) >= 11 is 5.99. The minimum atomic E-state index is 0.000379. The Balaban J connectivity index is 1.92. The zero-order valence-electron chi connectivity index (χ0n) is 12.1. The third-order valence-electron chi connectivity index (χ3n) is 3.22. The maximum Gasteiger partial charge on any atom is 0.227 e. The number of hydrogen-bond acceptors (Lipinski definition) is 3. The highest BCUT2D eigenvalue weighted by molar-refractivity contribution is 6.30. The summed E-state index contributed by atoms with van der Waals surface area (Å²) in [6.45, 7) is 1.97. The highest BCUT2D eigenvalue weighted by Gasteiger charge is 2.10. The molecule has 1 amide bonds. The summed E-state index contributed by atoms with van der Waals surface area (Å²) in [7, 11) is 0. The molecule has 3 aromatic rings. The minimum absolute atomic E-state index is 0.000379. The van der Waals surface area contributed by atoms with Crippen LogP contribution < -0.4 is 5.32 Å². The molecule has 0 aliphatic carbocycles. The molecule has 5 heteroatoms. The molecule has 0 fully saturated rings. The smallest absolute Gasteiger partial charge is 0.227 e. The molecule has 1 aromatic heterocycles. The van der Waals surface area contributed by atoms with Gasteiger partial charge in [0.2, 0.25) is 11.8 Å². The molecule has 1 heterocycles. The van der Waals surface area contributed by atoms with Crippen molar-refractivity contribution in [3.8, 4) is 11.5 Å². The maximum absolute atomic E-state index is 11.6. The van der Waals surface area contributed by atoms with E-state index in [4.69, 9.17) is 16.0 Å². The van der Waals surface area contributed by atoms with Crippen molar-refractivity contribution < 1.29 is 9.21 Å². The Morgan fingerprint density at radius 3 is 2.91 bits per heavy atom. The second kappa shape index (κ2) is 6.20. The van der Waals surface area contributed by atoms with E-state index in [1.807, 2.05) is 25.1 Å². The normalized spacial score (nSPS) is 10.8. The Morgan fingerprint density at radius 2 is 2.14 bits per heavy atom. The molecule has 0 saturated heterocycles. The number of halogens is 1. The predicted molar refractivity (Wildman–Crippen MR) is 88.0 cm³/mol. The molecule has 0 spiro atoms. The number of benzene rings is 2. The average Bonchev–Trinajstić information content (AvgIpc) is 2.90. The molecular weight excluding hydrogens is 300 g/mol. The Labute approximate surface area is 133 Å². The van der Waals surface area contributed by atoms with E-state index >= 15 is 0 Å². The van der Waals surface area contributed by atoms with E-state index in [1.165, 1.54) is 0 Å². The van der Waals surface area contributed by atoms with Crippen molar-refractivity contribution in [2.45, 2.75) is 19.8 Å². The first kappa shape index (κ1) is 14.6. The van der Waals surface area contributed by atoms with Gasteiger partial charge in [0.1, 0.15) is 5.52 Å². The van der Waals surface area contributed by atoms with Crippen LogP contribution in [0.15, 0.2) is 46.9 Å². The SMILES string of the molecule is CCCC(=O)Nc1ccc2oc(-c3cccc(Cl)c3)nc2c1. The second-order valence-corrected chi connectivity index (χ2v) is 5.45. The van der Waals surface area contributed by atoms with Crippen LogP contribution in [-0.2, 0) is 4.79 Å². The summed E-state index contributed by atoms with van der Waals surface area (Å²) in [5, 5.41) is 3.48. The van der Waals surface area contributed by atoms with Crippen LogP contribution in [0.4, 0.5) is 5.69 Å². The van der Waals surface area contributed by atoms with E-state index in [0.717, 1.165) is 17.7 Å². The van der Waals surface area contributed by atoms with Gasteiger partial charge in [-0.15, -0.1) is 0 Å². The van der Waals surface area contributed by atoms with Crippen LogP contribution in [0.2, 0.25) is 5.02 Å². The number of oxazole rings is 1. The minimum Gasteiger partial charge on any atom is -0.436 e. The zero-order valence-corrected chi connectivity index (χ0v) is 12.9. The predicted octanol–water partition coefficient (Wildman–Crippen LogP) is 4.89. The maximum atomic E-state index is 11.6. The van der Waals surface area contributed by atoms with Crippen molar-refractivity contribution in [2.24, 2.45) is 0 Å². The second-order valence-electron chi connectivity index (χ2n) is 5.01. The Bertz CT molecular complexity index is 826. The third kappa shape index (κ3) is 3.12. The number of nitrogens with zero attached hydrogens (tertiary/aromatic N) is 1. The van der Waals surface area contributed by atoms with Crippen molar-refractivity contribution in [1.82, 2.24) is 4.98 Å². The van der Waals surface area contributed by atoms with E-state index in [9.17, 15) is 4.79 Å². The summed E-state index contributed by atoms with van der Waals surface area (Å²) in [5.41, 5.74) is 2.91. The highest BCUT2D eigenvalue weighted by atomic mass is 35.5. The lowest BCUT2D eigenvalue weighted by Crippen LogP contribution is -2.10. The quantitative estimate of drug-likeness (QED) is 0.746. The van der Waals surface area contributed by atoms with Crippen LogP contribution >= 0.6 is 11.6 Å². The number of nitrogens with one attached hydrogen (secondary N) is 1. The number of amides is 1. The summed E-state index contributed by atoms with van der Waals surface area (Å²) in [5.74, 6) is 0.509. The molecule has 0 atom stereocenters. The van der Waals surface area contributed by atoms with Gasteiger partial charge in [0.25, 0.3) is 0 Å². The number of anilines is 1. The first-order valence-electron chi connectivity index (χ1n) is 7.12. The van der Waals surface area contributed by atoms with Crippen LogP contribution in [0.25, 0.3) is 22.6 Å². The van der Waals surface area contributed by atoms with Gasteiger partial charge in [-0.05, 0) is 42.8 Å². The average molecular weight is 315 g/mol. The van der Waals surface area contributed by atoms with Gasteiger partial charge in [0.15, 0.2) is 5.58 Å². The molecule has 0 aliphatic heterocycles. The van der Waals surface area contributed by atoms with E-state index in [0.29, 0.717) is 28.4 Å². The van der Waals surface area contributed by atoms with Crippen LogP contribution in [0, 0.1) is 0 Å².